The van der Waals surface area contributed by atoms with Crippen molar-refractivity contribution >= 4 is 23.4 Å². The molecule has 1 aromatic rings. The molecule has 0 aromatic heterocycles. The van der Waals surface area contributed by atoms with Crippen molar-refractivity contribution < 1.29 is 19.6 Å². The molecular weight excluding hydrogens is 246 g/mol. The third-order valence-corrected chi connectivity index (χ3v) is 3.52. The molecule has 0 bridgehead atoms. The first-order valence-electron chi connectivity index (χ1n) is 4.84. The number of hydrogen-bond acceptors (Lipinski definition) is 5. The number of hydrogen-bond donors (Lipinski definition) is 1. The third-order valence-electron chi connectivity index (χ3n) is 2.31. The Kier molecular flexibility index (Phi) is 3.30. The van der Waals surface area contributed by atoms with Gasteiger partial charge < -0.3 is 9.84 Å². The number of carboxylic acid groups (broad SMARTS) is 1. The minimum Gasteiger partial charge on any atom is -0.478 e. The summed E-state index contributed by atoms with van der Waals surface area (Å²) in [4.78, 5) is 21.5. The van der Waals surface area contributed by atoms with Gasteiger partial charge in [0, 0.05) is 17.0 Å². The standard InChI is InChI=1S/C10H9NO5S/c12-10(13)8-3-6(11(14)15)1-2-9(8)17-7-4-16-5-7/h1-3,7H,4-5H2,(H,12,13). The van der Waals surface area contributed by atoms with Crippen molar-refractivity contribution in [3.05, 3.63) is 33.9 Å². The number of rotatable bonds is 4. The fourth-order valence-corrected chi connectivity index (χ4v) is 2.47. The van der Waals surface area contributed by atoms with Crippen LogP contribution in [0.5, 0.6) is 0 Å². The molecule has 1 saturated heterocycles. The maximum absolute atomic E-state index is 11.0. The smallest absolute Gasteiger partial charge is 0.337 e. The molecule has 0 radical (unpaired) electrons. The Bertz CT molecular complexity index is 472. The van der Waals surface area contributed by atoms with Gasteiger partial charge in [0.15, 0.2) is 0 Å². The average Bonchev–Trinajstić information content (AvgIpc) is 2.23. The molecule has 0 amide bonds. The second kappa shape index (κ2) is 4.72. The Morgan fingerprint density at radius 2 is 2.24 bits per heavy atom. The second-order valence-electron chi connectivity index (χ2n) is 3.52. The monoisotopic (exact) mass is 255 g/mol. The highest BCUT2D eigenvalue weighted by atomic mass is 32.2. The molecule has 17 heavy (non-hydrogen) atoms. The van der Waals surface area contributed by atoms with Crippen LogP contribution in [0.2, 0.25) is 0 Å². The van der Waals surface area contributed by atoms with Crippen molar-refractivity contribution in [2.75, 3.05) is 13.2 Å². The molecule has 0 saturated carbocycles. The molecule has 1 heterocycles. The highest BCUT2D eigenvalue weighted by Crippen LogP contribution is 2.32. The molecule has 0 unspecified atom stereocenters. The van der Waals surface area contributed by atoms with E-state index in [0.29, 0.717) is 18.1 Å². The maximum atomic E-state index is 11.0. The third kappa shape index (κ3) is 2.56. The minimum atomic E-state index is -1.16. The molecule has 1 fully saturated rings. The fraction of sp³-hybridized carbons (Fsp3) is 0.300. The van der Waals surface area contributed by atoms with Crippen LogP contribution in [-0.4, -0.2) is 34.5 Å². The topological polar surface area (TPSA) is 89.7 Å². The van der Waals surface area contributed by atoms with Crippen molar-refractivity contribution in [3.8, 4) is 0 Å². The summed E-state index contributed by atoms with van der Waals surface area (Å²) in [5, 5.41) is 19.8. The van der Waals surface area contributed by atoms with Gasteiger partial charge >= 0.3 is 5.97 Å². The lowest BCUT2D eigenvalue weighted by Gasteiger charge is -2.25. The first kappa shape index (κ1) is 11.9. The molecule has 90 valence electrons. The number of nitrogens with zero attached hydrogens (tertiary/aromatic N) is 1. The van der Waals surface area contributed by atoms with Crippen LogP contribution in [-0.2, 0) is 4.74 Å². The van der Waals surface area contributed by atoms with Crippen LogP contribution in [0.3, 0.4) is 0 Å². The van der Waals surface area contributed by atoms with E-state index in [1.54, 1.807) is 0 Å². The molecule has 1 aromatic carbocycles. The van der Waals surface area contributed by atoms with Gasteiger partial charge in [-0.3, -0.25) is 10.1 Å². The summed E-state index contributed by atoms with van der Waals surface area (Å²) >= 11 is 1.38. The zero-order valence-corrected chi connectivity index (χ0v) is 9.48. The van der Waals surface area contributed by atoms with Crippen LogP contribution in [0, 0.1) is 10.1 Å². The highest BCUT2D eigenvalue weighted by Gasteiger charge is 2.23. The Morgan fingerprint density at radius 3 is 2.71 bits per heavy atom. The normalized spacial score (nSPS) is 15.3. The van der Waals surface area contributed by atoms with Crippen LogP contribution >= 0.6 is 11.8 Å². The molecule has 1 N–H and O–H groups in total. The molecule has 1 aliphatic rings. The molecule has 6 nitrogen and oxygen atoms in total. The summed E-state index contributed by atoms with van der Waals surface area (Å²) in [7, 11) is 0. The van der Waals surface area contributed by atoms with Gasteiger partial charge in [0.25, 0.3) is 5.69 Å². The molecule has 0 atom stereocenters. The van der Waals surface area contributed by atoms with Crippen LogP contribution in [0.4, 0.5) is 5.69 Å². The first-order chi connectivity index (χ1) is 8.08. The summed E-state index contributed by atoms with van der Waals surface area (Å²) in [6, 6.07) is 3.88. The molecule has 0 spiro atoms. The number of ether oxygens (including phenoxy) is 1. The minimum absolute atomic E-state index is 0.0314. The number of nitro benzene ring substituents is 1. The van der Waals surface area contributed by atoms with E-state index in [-0.39, 0.29) is 16.5 Å². The lowest BCUT2D eigenvalue weighted by Crippen LogP contribution is -2.30. The SMILES string of the molecule is O=C(O)c1cc([N+](=O)[O-])ccc1SC1COC1. The number of non-ortho nitro benzene ring substituents is 1. The van der Waals surface area contributed by atoms with Crippen molar-refractivity contribution in [1.82, 2.24) is 0 Å². The number of carboxylic acids is 1. The van der Waals surface area contributed by atoms with E-state index in [1.165, 1.54) is 23.9 Å². The Balaban J connectivity index is 2.30. The van der Waals surface area contributed by atoms with Crippen LogP contribution in [0.25, 0.3) is 0 Å². The largest absolute Gasteiger partial charge is 0.478 e. The van der Waals surface area contributed by atoms with Gasteiger partial charge in [-0.15, -0.1) is 11.8 Å². The molecule has 1 aliphatic heterocycles. The van der Waals surface area contributed by atoms with Crippen LogP contribution in [0.15, 0.2) is 23.1 Å². The summed E-state index contributed by atoms with van der Waals surface area (Å²) in [6.45, 7) is 1.17. The number of aromatic carboxylic acids is 1. The van der Waals surface area contributed by atoms with E-state index in [0.717, 1.165) is 6.07 Å². The quantitative estimate of drug-likeness (QED) is 0.651. The zero-order chi connectivity index (χ0) is 12.4. The number of carbonyl (C=O) groups is 1. The van der Waals surface area contributed by atoms with Crippen molar-refractivity contribution in [2.24, 2.45) is 0 Å². The predicted molar refractivity (Wildman–Crippen MR) is 60.5 cm³/mol. The summed E-state index contributed by atoms with van der Waals surface area (Å²) in [5.74, 6) is -1.16. The van der Waals surface area contributed by atoms with E-state index in [2.05, 4.69) is 0 Å². The Morgan fingerprint density at radius 1 is 1.53 bits per heavy atom. The Labute approximate surface area is 101 Å². The fourth-order valence-electron chi connectivity index (χ4n) is 1.36. The maximum Gasteiger partial charge on any atom is 0.337 e. The average molecular weight is 255 g/mol. The van der Waals surface area contributed by atoms with Gasteiger partial charge in [-0.05, 0) is 6.07 Å². The van der Waals surface area contributed by atoms with Gasteiger partial charge in [-0.1, -0.05) is 0 Å². The van der Waals surface area contributed by atoms with Crippen molar-refractivity contribution in [3.63, 3.8) is 0 Å². The van der Waals surface area contributed by atoms with E-state index in [1.807, 2.05) is 0 Å². The van der Waals surface area contributed by atoms with E-state index in [9.17, 15) is 14.9 Å². The lowest BCUT2D eigenvalue weighted by atomic mass is 10.2. The predicted octanol–water partition coefficient (Wildman–Crippen LogP) is 1.78. The first-order valence-corrected chi connectivity index (χ1v) is 5.72. The molecule has 0 aliphatic carbocycles. The number of benzene rings is 1. The van der Waals surface area contributed by atoms with Gasteiger partial charge in [0.05, 0.1) is 29.0 Å². The van der Waals surface area contributed by atoms with Crippen LogP contribution < -0.4 is 0 Å². The van der Waals surface area contributed by atoms with Crippen molar-refractivity contribution in [2.45, 2.75) is 10.1 Å². The summed E-state index contributed by atoms with van der Waals surface area (Å²) in [6.07, 6.45) is 0. The van der Waals surface area contributed by atoms with Crippen LogP contribution in [0.1, 0.15) is 10.4 Å². The Hall–Kier alpha value is -1.60. The van der Waals surface area contributed by atoms with E-state index >= 15 is 0 Å². The number of nitro groups is 1. The van der Waals surface area contributed by atoms with Gasteiger partial charge in [0.1, 0.15) is 0 Å². The van der Waals surface area contributed by atoms with E-state index < -0.39 is 10.9 Å². The highest BCUT2D eigenvalue weighted by molar-refractivity contribution is 8.00. The van der Waals surface area contributed by atoms with Gasteiger partial charge in [0.2, 0.25) is 0 Å². The zero-order valence-electron chi connectivity index (χ0n) is 8.66. The summed E-state index contributed by atoms with van der Waals surface area (Å²) in [5.41, 5.74) is -0.243. The molecular formula is C10H9NO5S. The summed E-state index contributed by atoms with van der Waals surface area (Å²) < 4.78 is 4.99. The molecule has 7 heteroatoms. The van der Waals surface area contributed by atoms with Crippen molar-refractivity contribution in [1.29, 1.82) is 0 Å². The van der Waals surface area contributed by atoms with E-state index in [4.69, 9.17) is 9.84 Å². The lowest BCUT2D eigenvalue weighted by molar-refractivity contribution is -0.384. The van der Waals surface area contributed by atoms with Gasteiger partial charge in [-0.2, -0.15) is 0 Å². The second-order valence-corrected chi connectivity index (χ2v) is 4.86. The molecule has 2 rings (SSSR count). The van der Waals surface area contributed by atoms with Gasteiger partial charge in [-0.25, -0.2) is 4.79 Å². The number of thioether (sulfide) groups is 1.